The van der Waals surface area contributed by atoms with Crippen LogP contribution in [0.3, 0.4) is 0 Å². The van der Waals surface area contributed by atoms with Crippen molar-refractivity contribution in [1.82, 2.24) is 10.6 Å². The molecule has 4 nitrogen and oxygen atoms in total. The van der Waals surface area contributed by atoms with E-state index in [0.29, 0.717) is 36.6 Å². The summed E-state index contributed by atoms with van der Waals surface area (Å²) < 4.78 is 12.9. The van der Waals surface area contributed by atoms with Gasteiger partial charge < -0.3 is 10.6 Å². The van der Waals surface area contributed by atoms with Crippen LogP contribution >= 0.6 is 0 Å². The minimum absolute atomic E-state index is 0.174. The van der Waals surface area contributed by atoms with Crippen molar-refractivity contribution in [2.75, 3.05) is 13.1 Å². The summed E-state index contributed by atoms with van der Waals surface area (Å²) in [5, 5.41) is 5.69. The van der Waals surface area contributed by atoms with Gasteiger partial charge in [-0.15, -0.1) is 0 Å². The molecule has 0 radical (unpaired) electrons. The van der Waals surface area contributed by atoms with Crippen LogP contribution < -0.4 is 10.6 Å². The van der Waals surface area contributed by atoms with Crippen LogP contribution in [-0.2, 0) is 6.42 Å². The van der Waals surface area contributed by atoms with E-state index < -0.39 is 0 Å². The highest BCUT2D eigenvalue weighted by molar-refractivity contribution is 5.99. The molecule has 0 aromatic heterocycles. The predicted octanol–water partition coefficient (Wildman–Crippen LogP) is 3.57. The van der Waals surface area contributed by atoms with Crippen molar-refractivity contribution in [3.8, 4) is 0 Å². The van der Waals surface area contributed by atoms with Crippen LogP contribution in [0, 0.1) is 11.7 Å². The van der Waals surface area contributed by atoms with Gasteiger partial charge in [-0.3, -0.25) is 9.59 Å². The predicted molar refractivity (Wildman–Crippen MR) is 101 cm³/mol. The van der Waals surface area contributed by atoms with E-state index in [2.05, 4.69) is 24.5 Å². The monoisotopic (exact) mass is 356 g/mol. The van der Waals surface area contributed by atoms with Crippen LogP contribution in [0.4, 0.5) is 4.39 Å². The van der Waals surface area contributed by atoms with E-state index in [1.54, 1.807) is 36.4 Å². The summed E-state index contributed by atoms with van der Waals surface area (Å²) in [6.45, 7) is 5.26. The van der Waals surface area contributed by atoms with E-state index in [0.717, 1.165) is 12.0 Å². The van der Waals surface area contributed by atoms with Crippen molar-refractivity contribution in [2.24, 2.45) is 5.92 Å². The lowest BCUT2D eigenvalue weighted by Crippen LogP contribution is -2.27. The van der Waals surface area contributed by atoms with Crippen molar-refractivity contribution in [3.63, 3.8) is 0 Å². The number of hydrogen-bond acceptors (Lipinski definition) is 2. The Morgan fingerprint density at radius 2 is 1.50 bits per heavy atom. The first-order chi connectivity index (χ1) is 12.5. The molecule has 138 valence electrons. The molecular weight excluding hydrogens is 331 g/mol. The number of carbonyl (C=O) groups excluding carboxylic acids is 2. The lowest BCUT2D eigenvalue weighted by molar-refractivity contribution is 0.0951. The lowest BCUT2D eigenvalue weighted by Gasteiger charge is -2.09. The van der Waals surface area contributed by atoms with Gasteiger partial charge in [0.05, 0.1) is 0 Å². The van der Waals surface area contributed by atoms with E-state index in [9.17, 15) is 14.0 Å². The Morgan fingerprint density at radius 1 is 0.923 bits per heavy atom. The summed E-state index contributed by atoms with van der Waals surface area (Å²) in [5.74, 6) is -0.162. The molecule has 0 aliphatic carbocycles. The summed E-state index contributed by atoms with van der Waals surface area (Å²) in [6.07, 6.45) is 1.52. The van der Waals surface area contributed by atoms with Crippen molar-refractivity contribution in [1.29, 1.82) is 0 Å². The number of hydrogen-bond donors (Lipinski definition) is 2. The summed E-state index contributed by atoms with van der Waals surface area (Å²) in [5.41, 5.74) is 1.87. The first-order valence-corrected chi connectivity index (χ1v) is 8.86. The molecule has 2 amide bonds. The van der Waals surface area contributed by atoms with Crippen molar-refractivity contribution < 1.29 is 14.0 Å². The molecule has 0 aliphatic rings. The Balaban J connectivity index is 1.86. The zero-order valence-corrected chi connectivity index (χ0v) is 15.2. The Kier molecular flexibility index (Phi) is 7.33. The third-order valence-electron chi connectivity index (χ3n) is 4.01. The third kappa shape index (κ3) is 6.31. The quantitative estimate of drug-likeness (QED) is 0.760. The third-order valence-corrected chi connectivity index (χ3v) is 4.01. The first kappa shape index (κ1) is 19.6. The first-order valence-electron chi connectivity index (χ1n) is 8.86. The van der Waals surface area contributed by atoms with Gasteiger partial charge in [0.1, 0.15) is 5.82 Å². The Bertz CT molecular complexity index is 742. The SMILES string of the molecule is CC(C)CCNC(=O)c1cccc(C(=O)NCCc2ccc(F)cc2)c1. The fraction of sp³-hybridized carbons (Fsp3) is 0.333. The van der Waals surface area contributed by atoms with Gasteiger partial charge in [0.2, 0.25) is 0 Å². The molecule has 0 spiro atoms. The zero-order chi connectivity index (χ0) is 18.9. The number of rotatable bonds is 8. The highest BCUT2D eigenvalue weighted by Gasteiger charge is 2.10. The molecule has 0 bridgehead atoms. The van der Waals surface area contributed by atoms with Crippen LogP contribution in [-0.4, -0.2) is 24.9 Å². The van der Waals surface area contributed by atoms with Gasteiger partial charge in [0.25, 0.3) is 11.8 Å². The zero-order valence-electron chi connectivity index (χ0n) is 15.2. The lowest BCUT2D eigenvalue weighted by atomic mass is 10.1. The Labute approximate surface area is 153 Å². The molecule has 2 rings (SSSR count). The molecule has 0 atom stereocenters. The van der Waals surface area contributed by atoms with Crippen LogP contribution in [0.5, 0.6) is 0 Å². The van der Waals surface area contributed by atoms with E-state index >= 15 is 0 Å². The summed E-state index contributed by atoms with van der Waals surface area (Å²) in [4.78, 5) is 24.4. The van der Waals surface area contributed by atoms with Crippen LogP contribution in [0.15, 0.2) is 48.5 Å². The van der Waals surface area contributed by atoms with Crippen molar-refractivity contribution in [3.05, 3.63) is 71.0 Å². The van der Waals surface area contributed by atoms with Gasteiger partial charge in [-0.1, -0.05) is 32.0 Å². The molecule has 2 N–H and O–H groups in total. The minimum Gasteiger partial charge on any atom is -0.352 e. The standard InChI is InChI=1S/C21H25FN2O2/c1-15(2)10-12-23-20(25)17-4-3-5-18(14-17)21(26)24-13-11-16-6-8-19(22)9-7-16/h3-9,14-15H,10-13H2,1-2H3,(H,23,25)(H,24,26). The highest BCUT2D eigenvalue weighted by atomic mass is 19.1. The minimum atomic E-state index is -0.277. The van der Waals surface area contributed by atoms with E-state index in [1.807, 2.05) is 0 Å². The van der Waals surface area contributed by atoms with Crippen molar-refractivity contribution >= 4 is 11.8 Å². The molecule has 2 aromatic carbocycles. The van der Waals surface area contributed by atoms with Crippen molar-refractivity contribution in [2.45, 2.75) is 26.7 Å². The number of benzene rings is 2. The summed E-state index contributed by atoms with van der Waals surface area (Å²) in [7, 11) is 0. The highest BCUT2D eigenvalue weighted by Crippen LogP contribution is 2.07. The number of nitrogens with one attached hydrogen (secondary N) is 2. The summed E-state index contributed by atoms with van der Waals surface area (Å²) in [6, 6.07) is 12.9. The molecule has 0 saturated heterocycles. The topological polar surface area (TPSA) is 58.2 Å². The fourth-order valence-electron chi connectivity index (χ4n) is 2.45. The smallest absolute Gasteiger partial charge is 0.251 e. The van der Waals surface area contributed by atoms with Crippen LogP contribution in [0.25, 0.3) is 0 Å². The second-order valence-electron chi connectivity index (χ2n) is 6.65. The van der Waals surface area contributed by atoms with E-state index in [1.165, 1.54) is 12.1 Å². The summed E-state index contributed by atoms with van der Waals surface area (Å²) >= 11 is 0. The van der Waals surface area contributed by atoms with E-state index in [4.69, 9.17) is 0 Å². The fourth-order valence-corrected chi connectivity index (χ4v) is 2.45. The second-order valence-corrected chi connectivity index (χ2v) is 6.65. The molecule has 0 saturated carbocycles. The largest absolute Gasteiger partial charge is 0.352 e. The van der Waals surface area contributed by atoms with Gasteiger partial charge in [-0.05, 0) is 54.7 Å². The Morgan fingerprint density at radius 3 is 2.08 bits per heavy atom. The van der Waals surface area contributed by atoms with Gasteiger partial charge >= 0.3 is 0 Å². The second kappa shape index (κ2) is 9.70. The van der Waals surface area contributed by atoms with Gasteiger partial charge in [0.15, 0.2) is 0 Å². The maximum Gasteiger partial charge on any atom is 0.251 e. The molecule has 0 aliphatic heterocycles. The van der Waals surface area contributed by atoms with Crippen LogP contribution in [0.2, 0.25) is 0 Å². The molecular formula is C21H25FN2O2. The molecule has 0 unspecified atom stereocenters. The molecule has 2 aromatic rings. The number of carbonyl (C=O) groups is 2. The van der Waals surface area contributed by atoms with E-state index in [-0.39, 0.29) is 17.6 Å². The molecule has 0 fully saturated rings. The maximum absolute atomic E-state index is 12.9. The van der Waals surface area contributed by atoms with Gasteiger partial charge in [-0.2, -0.15) is 0 Å². The van der Waals surface area contributed by atoms with Gasteiger partial charge in [0, 0.05) is 24.2 Å². The number of halogens is 1. The normalized spacial score (nSPS) is 10.6. The molecule has 0 heterocycles. The molecule has 26 heavy (non-hydrogen) atoms. The molecule has 5 heteroatoms. The Hall–Kier alpha value is -2.69. The number of amides is 2. The van der Waals surface area contributed by atoms with Gasteiger partial charge in [-0.25, -0.2) is 4.39 Å². The average molecular weight is 356 g/mol. The average Bonchev–Trinajstić information content (AvgIpc) is 2.63. The van der Waals surface area contributed by atoms with Crippen LogP contribution in [0.1, 0.15) is 46.5 Å². The maximum atomic E-state index is 12.9.